The van der Waals surface area contributed by atoms with Gasteiger partial charge < -0.3 is 13.7 Å². The Morgan fingerprint density at radius 3 is 2.15 bits per heavy atom. The monoisotopic (exact) mass is 288 g/mol. The second kappa shape index (κ2) is 5.84. The number of furan rings is 2. The Bertz CT molecular complexity index is 614. The summed E-state index contributed by atoms with van der Waals surface area (Å²) >= 11 is 6.23. The van der Waals surface area contributed by atoms with Gasteiger partial charge in [0.15, 0.2) is 0 Å². The first kappa shape index (κ1) is 12.8. The Labute approximate surface area is 121 Å². The van der Waals surface area contributed by atoms with Crippen LogP contribution in [0.3, 0.4) is 0 Å². The summed E-state index contributed by atoms with van der Waals surface area (Å²) in [4.78, 5) is 6.10. The predicted octanol–water partition coefficient (Wildman–Crippen LogP) is 4.13. The van der Waals surface area contributed by atoms with Crippen LogP contribution >= 0.6 is 11.6 Å². The van der Waals surface area contributed by atoms with Gasteiger partial charge in [-0.25, -0.2) is 0 Å². The molecule has 0 aromatic carbocycles. The van der Waals surface area contributed by atoms with Gasteiger partial charge in [0.25, 0.3) is 0 Å². The van der Waals surface area contributed by atoms with E-state index in [1.165, 1.54) is 0 Å². The summed E-state index contributed by atoms with van der Waals surface area (Å²) in [6.07, 6.45) is 6.68. The summed E-state index contributed by atoms with van der Waals surface area (Å²) in [5, 5.41) is 0.602. The van der Waals surface area contributed by atoms with E-state index in [1.54, 1.807) is 24.9 Å². The van der Waals surface area contributed by atoms with E-state index >= 15 is 0 Å². The van der Waals surface area contributed by atoms with Crippen molar-refractivity contribution in [2.75, 3.05) is 4.90 Å². The van der Waals surface area contributed by atoms with E-state index in [0.717, 1.165) is 17.2 Å². The molecule has 0 N–H and O–H groups in total. The number of pyridine rings is 1. The molecule has 0 aliphatic rings. The summed E-state index contributed by atoms with van der Waals surface area (Å²) in [6, 6.07) is 9.49. The molecule has 0 spiro atoms. The smallest absolute Gasteiger partial charge is 0.123 e. The first-order valence-corrected chi connectivity index (χ1v) is 6.60. The number of hydrogen-bond acceptors (Lipinski definition) is 4. The third-order valence-corrected chi connectivity index (χ3v) is 3.24. The van der Waals surface area contributed by atoms with Crippen LogP contribution in [0.4, 0.5) is 5.69 Å². The van der Waals surface area contributed by atoms with Gasteiger partial charge in [-0.2, -0.15) is 0 Å². The minimum atomic E-state index is 0.602. The van der Waals surface area contributed by atoms with Gasteiger partial charge in [0.05, 0.1) is 36.3 Å². The standard InChI is InChI=1S/C15H13ClN2O2/c16-14-9-17-6-5-15(14)18(10-12-3-1-7-19-12)11-13-4-2-8-20-13/h1-9H,10-11H2. The lowest BCUT2D eigenvalue weighted by atomic mass is 10.3. The molecule has 3 aromatic heterocycles. The molecule has 102 valence electrons. The van der Waals surface area contributed by atoms with Gasteiger partial charge in [-0.1, -0.05) is 11.6 Å². The Balaban J connectivity index is 1.88. The largest absolute Gasteiger partial charge is 0.467 e. The third-order valence-electron chi connectivity index (χ3n) is 2.95. The van der Waals surface area contributed by atoms with Gasteiger partial charge in [-0.3, -0.25) is 4.98 Å². The van der Waals surface area contributed by atoms with Crippen molar-refractivity contribution < 1.29 is 8.83 Å². The van der Waals surface area contributed by atoms with Gasteiger partial charge in [0.2, 0.25) is 0 Å². The van der Waals surface area contributed by atoms with Crippen molar-refractivity contribution in [2.24, 2.45) is 0 Å². The summed E-state index contributed by atoms with van der Waals surface area (Å²) in [5.41, 5.74) is 0.898. The second-order valence-corrected chi connectivity index (χ2v) is 4.75. The molecule has 0 aliphatic carbocycles. The number of nitrogens with zero attached hydrogens (tertiary/aromatic N) is 2. The third kappa shape index (κ3) is 2.86. The van der Waals surface area contributed by atoms with Gasteiger partial charge in [-0.15, -0.1) is 0 Å². The number of halogens is 1. The van der Waals surface area contributed by atoms with Crippen LogP contribution in [0, 0.1) is 0 Å². The van der Waals surface area contributed by atoms with Crippen LogP contribution < -0.4 is 4.90 Å². The first-order valence-electron chi connectivity index (χ1n) is 6.22. The van der Waals surface area contributed by atoms with E-state index < -0.39 is 0 Å². The maximum atomic E-state index is 6.23. The molecule has 3 heterocycles. The molecule has 0 saturated heterocycles. The van der Waals surface area contributed by atoms with Crippen molar-refractivity contribution >= 4 is 17.3 Å². The fraction of sp³-hybridized carbons (Fsp3) is 0.133. The van der Waals surface area contributed by atoms with E-state index in [2.05, 4.69) is 9.88 Å². The molecule has 3 rings (SSSR count). The molecule has 0 radical (unpaired) electrons. The maximum absolute atomic E-state index is 6.23. The van der Waals surface area contributed by atoms with Crippen molar-refractivity contribution in [1.29, 1.82) is 0 Å². The highest BCUT2D eigenvalue weighted by molar-refractivity contribution is 6.33. The average Bonchev–Trinajstić information content (AvgIpc) is 3.12. The highest BCUT2D eigenvalue weighted by Crippen LogP contribution is 2.27. The predicted molar refractivity (Wildman–Crippen MR) is 76.6 cm³/mol. The molecule has 0 amide bonds. The molecule has 0 fully saturated rings. The summed E-state index contributed by atoms with van der Waals surface area (Å²) in [5.74, 6) is 1.73. The summed E-state index contributed by atoms with van der Waals surface area (Å²) in [6.45, 7) is 1.22. The molecule has 5 heteroatoms. The van der Waals surface area contributed by atoms with Crippen molar-refractivity contribution in [1.82, 2.24) is 4.98 Å². The molecule has 0 bridgehead atoms. The van der Waals surface area contributed by atoms with Crippen molar-refractivity contribution in [3.8, 4) is 0 Å². The molecule has 0 saturated carbocycles. The van der Waals surface area contributed by atoms with Crippen LogP contribution in [0.15, 0.2) is 64.1 Å². The van der Waals surface area contributed by atoms with Crippen LogP contribution in [0.25, 0.3) is 0 Å². The fourth-order valence-electron chi connectivity index (χ4n) is 2.03. The normalized spacial score (nSPS) is 10.7. The molecule has 4 nitrogen and oxygen atoms in total. The number of rotatable bonds is 5. The van der Waals surface area contributed by atoms with Gasteiger partial charge >= 0.3 is 0 Å². The summed E-state index contributed by atoms with van der Waals surface area (Å²) in [7, 11) is 0. The Kier molecular flexibility index (Phi) is 3.74. The topological polar surface area (TPSA) is 42.4 Å². The van der Waals surface area contributed by atoms with Crippen LogP contribution in [0.1, 0.15) is 11.5 Å². The van der Waals surface area contributed by atoms with E-state index in [-0.39, 0.29) is 0 Å². The van der Waals surface area contributed by atoms with Gasteiger partial charge in [-0.05, 0) is 30.3 Å². The fourth-order valence-corrected chi connectivity index (χ4v) is 2.27. The second-order valence-electron chi connectivity index (χ2n) is 4.34. The molecule has 0 atom stereocenters. The SMILES string of the molecule is Clc1cnccc1N(Cc1ccco1)Cc1ccco1. The molecule has 0 aliphatic heterocycles. The van der Waals surface area contributed by atoms with Crippen LogP contribution in [-0.2, 0) is 13.1 Å². The molecular weight excluding hydrogens is 276 g/mol. The Hall–Kier alpha value is -2.20. The zero-order chi connectivity index (χ0) is 13.8. The highest BCUT2D eigenvalue weighted by atomic mass is 35.5. The Morgan fingerprint density at radius 1 is 1.00 bits per heavy atom. The number of hydrogen-bond donors (Lipinski definition) is 0. The van der Waals surface area contributed by atoms with Crippen LogP contribution in [0.5, 0.6) is 0 Å². The minimum absolute atomic E-state index is 0.602. The zero-order valence-corrected chi connectivity index (χ0v) is 11.5. The van der Waals surface area contributed by atoms with Gasteiger partial charge in [0.1, 0.15) is 11.5 Å². The van der Waals surface area contributed by atoms with E-state index in [9.17, 15) is 0 Å². The van der Waals surface area contributed by atoms with Crippen molar-refractivity contribution in [2.45, 2.75) is 13.1 Å². The lowest BCUT2D eigenvalue weighted by Crippen LogP contribution is -2.22. The van der Waals surface area contributed by atoms with Crippen LogP contribution in [0.2, 0.25) is 5.02 Å². The summed E-state index contributed by atoms with van der Waals surface area (Å²) < 4.78 is 10.8. The lowest BCUT2D eigenvalue weighted by molar-refractivity contribution is 0.477. The first-order chi connectivity index (χ1) is 9.83. The quantitative estimate of drug-likeness (QED) is 0.708. The molecule has 0 unspecified atom stereocenters. The van der Waals surface area contributed by atoms with Crippen LogP contribution in [-0.4, -0.2) is 4.98 Å². The maximum Gasteiger partial charge on any atom is 0.123 e. The molecule has 3 aromatic rings. The van der Waals surface area contributed by atoms with Crippen molar-refractivity contribution in [3.05, 3.63) is 71.8 Å². The Morgan fingerprint density at radius 2 is 1.65 bits per heavy atom. The lowest BCUT2D eigenvalue weighted by Gasteiger charge is -2.23. The molecule has 20 heavy (non-hydrogen) atoms. The molecular formula is C15H13ClN2O2. The average molecular weight is 289 g/mol. The minimum Gasteiger partial charge on any atom is -0.467 e. The number of aromatic nitrogens is 1. The van der Waals surface area contributed by atoms with Crippen molar-refractivity contribution in [3.63, 3.8) is 0 Å². The van der Waals surface area contributed by atoms with E-state index in [4.69, 9.17) is 20.4 Å². The van der Waals surface area contributed by atoms with E-state index in [0.29, 0.717) is 18.1 Å². The number of anilines is 1. The van der Waals surface area contributed by atoms with Gasteiger partial charge in [0, 0.05) is 12.4 Å². The highest BCUT2D eigenvalue weighted by Gasteiger charge is 2.14. The van der Waals surface area contributed by atoms with E-state index in [1.807, 2.05) is 30.3 Å². The zero-order valence-electron chi connectivity index (χ0n) is 10.7.